The number of ether oxygens (including phenoxy) is 1. The van der Waals surface area contributed by atoms with Crippen molar-refractivity contribution in [2.45, 2.75) is 18.9 Å². The minimum absolute atomic E-state index is 0.0610. The van der Waals surface area contributed by atoms with Crippen LogP contribution < -0.4 is 4.74 Å². The first-order valence-electron chi connectivity index (χ1n) is 5.93. The molecule has 0 aromatic heterocycles. The standard InChI is InChI=1S/C13H16FNO3/c1-18-11-6-2-5-10(14)12(11)13(17)15-7-3-4-9(16)8-15/h2,5-6,9,16H,3-4,7-8H2,1H3/t9-/m0/s1. The molecule has 0 unspecified atom stereocenters. The van der Waals surface area contributed by atoms with E-state index in [1.54, 1.807) is 6.07 Å². The summed E-state index contributed by atoms with van der Waals surface area (Å²) in [6, 6.07) is 4.28. The number of aliphatic hydroxyl groups is 1. The van der Waals surface area contributed by atoms with Crippen molar-refractivity contribution in [3.8, 4) is 5.75 Å². The van der Waals surface area contributed by atoms with Gasteiger partial charge in [0.15, 0.2) is 0 Å². The Morgan fingerprint density at radius 1 is 1.56 bits per heavy atom. The molecule has 1 amide bonds. The zero-order valence-corrected chi connectivity index (χ0v) is 10.2. The summed E-state index contributed by atoms with van der Waals surface area (Å²) in [5, 5.41) is 9.55. The summed E-state index contributed by atoms with van der Waals surface area (Å²) >= 11 is 0. The van der Waals surface area contributed by atoms with Crippen LogP contribution in [0.25, 0.3) is 0 Å². The fourth-order valence-corrected chi connectivity index (χ4v) is 2.18. The Balaban J connectivity index is 2.28. The Morgan fingerprint density at radius 3 is 3.00 bits per heavy atom. The average molecular weight is 253 g/mol. The predicted molar refractivity (Wildman–Crippen MR) is 64.1 cm³/mol. The van der Waals surface area contributed by atoms with E-state index < -0.39 is 17.8 Å². The zero-order chi connectivity index (χ0) is 13.1. The number of rotatable bonds is 2. The Hall–Kier alpha value is -1.62. The molecule has 98 valence electrons. The van der Waals surface area contributed by atoms with Crippen LogP contribution in [0.15, 0.2) is 18.2 Å². The van der Waals surface area contributed by atoms with Crippen LogP contribution in [0, 0.1) is 5.82 Å². The molecule has 0 radical (unpaired) electrons. The Kier molecular flexibility index (Phi) is 3.81. The van der Waals surface area contributed by atoms with Crippen LogP contribution in [0.5, 0.6) is 5.75 Å². The van der Waals surface area contributed by atoms with Gasteiger partial charge in [0.2, 0.25) is 0 Å². The molecular formula is C13H16FNO3. The minimum atomic E-state index is -0.598. The van der Waals surface area contributed by atoms with Gasteiger partial charge in [0.1, 0.15) is 17.1 Å². The molecule has 4 nitrogen and oxygen atoms in total. The minimum Gasteiger partial charge on any atom is -0.496 e. The fraction of sp³-hybridized carbons (Fsp3) is 0.462. The normalized spacial score (nSPS) is 19.7. The molecule has 18 heavy (non-hydrogen) atoms. The Morgan fingerprint density at radius 2 is 2.33 bits per heavy atom. The largest absolute Gasteiger partial charge is 0.496 e. The maximum absolute atomic E-state index is 13.7. The molecule has 0 spiro atoms. The first kappa shape index (κ1) is 12.8. The third kappa shape index (κ3) is 2.46. The summed E-state index contributed by atoms with van der Waals surface area (Å²) in [5.74, 6) is -0.803. The average Bonchev–Trinajstić information content (AvgIpc) is 2.37. The topological polar surface area (TPSA) is 49.8 Å². The number of hydrogen-bond acceptors (Lipinski definition) is 3. The highest BCUT2D eigenvalue weighted by Gasteiger charge is 2.27. The van der Waals surface area contributed by atoms with Gasteiger partial charge in [-0.25, -0.2) is 4.39 Å². The molecule has 5 heteroatoms. The molecule has 0 bridgehead atoms. The smallest absolute Gasteiger partial charge is 0.260 e. The molecule has 2 rings (SSSR count). The molecule has 1 saturated heterocycles. The number of nitrogens with zero attached hydrogens (tertiary/aromatic N) is 1. The summed E-state index contributed by atoms with van der Waals surface area (Å²) in [7, 11) is 1.40. The van der Waals surface area contributed by atoms with Gasteiger partial charge >= 0.3 is 0 Å². The molecule has 1 fully saturated rings. The van der Waals surface area contributed by atoms with E-state index in [1.807, 2.05) is 0 Å². The second-order valence-electron chi connectivity index (χ2n) is 4.36. The number of benzene rings is 1. The summed E-state index contributed by atoms with van der Waals surface area (Å²) in [5.41, 5.74) is -0.0610. The highest BCUT2D eigenvalue weighted by molar-refractivity contribution is 5.97. The van der Waals surface area contributed by atoms with Gasteiger partial charge in [-0.15, -0.1) is 0 Å². The number of β-amino-alcohol motifs (C(OH)–C–C–N with tert-alkyl or cyclic N) is 1. The van der Waals surface area contributed by atoms with E-state index in [-0.39, 0.29) is 17.9 Å². The van der Waals surface area contributed by atoms with Crippen LogP contribution in [0.4, 0.5) is 4.39 Å². The van der Waals surface area contributed by atoms with E-state index >= 15 is 0 Å². The predicted octanol–water partition coefficient (Wildman–Crippen LogP) is 1.43. The maximum atomic E-state index is 13.7. The summed E-state index contributed by atoms with van der Waals surface area (Å²) < 4.78 is 18.8. The number of carbonyl (C=O) groups excluding carboxylic acids is 1. The van der Waals surface area contributed by atoms with Crippen LogP contribution in [-0.2, 0) is 0 Å². The van der Waals surface area contributed by atoms with Gasteiger partial charge in [0.05, 0.1) is 13.2 Å². The Bertz CT molecular complexity index is 450. The van der Waals surface area contributed by atoms with Crippen molar-refractivity contribution >= 4 is 5.91 Å². The number of aliphatic hydroxyl groups excluding tert-OH is 1. The molecule has 1 heterocycles. The van der Waals surface area contributed by atoms with Crippen LogP contribution in [0.1, 0.15) is 23.2 Å². The van der Waals surface area contributed by atoms with Gasteiger partial charge in [0.25, 0.3) is 5.91 Å². The summed E-state index contributed by atoms with van der Waals surface area (Å²) in [6.45, 7) is 0.781. The van der Waals surface area contributed by atoms with Crippen molar-refractivity contribution in [3.05, 3.63) is 29.6 Å². The van der Waals surface area contributed by atoms with Crippen LogP contribution in [0.2, 0.25) is 0 Å². The van der Waals surface area contributed by atoms with E-state index in [2.05, 4.69) is 0 Å². The van der Waals surface area contributed by atoms with Crippen LogP contribution in [0.3, 0.4) is 0 Å². The van der Waals surface area contributed by atoms with E-state index in [0.29, 0.717) is 13.0 Å². The fourth-order valence-electron chi connectivity index (χ4n) is 2.18. The first-order chi connectivity index (χ1) is 8.63. The lowest BCUT2D eigenvalue weighted by Crippen LogP contribution is -2.42. The number of likely N-dealkylation sites (tertiary alicyclic amines) is 1. The second-order valence-corrected chi connectivity index (χ2v) is 4.36. The number of piperidine rings is 1. The van der Waals surface area contributed by atoms with Crippen molar-refractivity contribution in [3.63, 3.8) is 0 Å². The Labute approximate surface area is 105 Å². The molecule has 1 N–H and O–H groups in total. The molecule has 0 saturated carbocycles. The third-order valence-electron chi connectivity index (χ3n) is 3.09. The lowest BCUT2D eigenvalue weighted by Gasteiger charge is -2.30. The first-order valence-corrected chi connectivity index (χ1v) is 5.93. The summed E-state index contributed by atoms with van der Waals surface area (Å²) in [6.07, 6.45) is 0.877. The molecule has 1 aliphatic heterocycles. The van der Waals surface area contributed by atoms with Gasteiger partial charge in [0, 0.05) is 13.1 Å². The van der Waals surface area contributed by atoms with Gasteiger partial charge in [-0.2, -0.15) is 0 Å². The van der Waals surface area contributed by atoms with E-state index in [9.17, 15) is 14.3 Å². The molecule has 1 aromatic carbocycles. The number of methoxy groups -OCH3 is 1. The van der Waals surface area contributed by atoms with Crippen molar-refractivity contribution in [2.24, 2.45) is 0 Å². The maximum Gasteiger partial charge on any atom is 0.260 e. The molecule has 1 aliphatic rings. The third-order valence-corrected chi connectivity index (χ3v) is 3.09. The molecular weight excluding hydrogens is 237 g/mol. The molecule has 1 aromatic rings. The monoisotopic (exact) mass is 253 g/mol. The lowest BCUT2D eigenvalue weighted by atomic mass is 10.1. The van der Waals surface area contributed by atoms with E-state index in [4.69, 9.17) is 4.74 Å². The molecule has 0 aliphatic carbocycles. The summed E-state index contributed by atoms with van der Waals surface area (Å²) in [4.78, 5) is 13.7. The SMILES string of the molecule is COc1cccc(F)c1C(=O)N1CCC[C@H](O)C1. The highest BCUT2D eigenvalue weighted by Crippen LogP contribution is 2.24. The van der Waals surface area contributed by atoms with Gasteiger partial charge in [-0.3, -0.25) is 4.79 Å². The quantitative estimate of drug-likeness (QED) is 0.867. The number of carbonyl (C=O) groups is 1. The van der Waals surface area contributed by atoms with Gasteiger partial charge < -0.3 is 14.7 Å². The number of hydrogen-bond donors (Lipinski definition) is 1. The van der Waals surface area contributed by atoms with Crippen molar-refractivity contribution in [1.82, 2.24) is 4.90 Å². The lowest BCUT2D eigenvalue weighted by molar-refractivity contribution is 0.0467. The second kappa shape index (κ2) is 5.35. The van der Waals surface area contributed by atoms with Crippen molar-refractivity contribution in [2.75, 3.05) is 20.2 Å². The zero-order valence-electron chi connectivity index (χ0n) is 10.2. The van der Waals surface area contributed by atoms with E-state index in [1.165, 1.54) is 24.1 Å². The van der Waals surface area contributed by atoms with Crippen LogP contribution in [-0.4, -0.2) is 42.2 Å². The number of halogens is 1. The van der Waals surface area contributed by atoms with Gasteiger partial charge in [-0.1, -0.05) is 6.07 Å². The van der Waals surface area contributed by atoms with Gasteiger partial charge in [-0.05, 0) is 25.0 Å². The molecule has 1 atom stereocenters. The van der Waals surface area contributed by atoms with Crippen LogP contribution >= 0.6 is 0 Å². The van der Waals surface area contributed by atoms with Crippen molar-refractivity contribution < 1.29 is 19.0 Å². The highest BCUT2D eigenvalue weighted by atomic mass is 19.1. The number of amides is 1. The van der Waals surface area contributed by atoms with E-state index in [0.717, 1.165) is 6.42 Å². The van der Waals surface area contributed by atoms with Crippen molar-refractivity contribution in [1.29, 1.82) is 0 Å².